The second-order valence-electron chi connectivity index (χ2n) is 6.90. The molecule has 0 bridgehead atoms. The van der Waals surface area contributed by atoms with Gasteiger partial charge in [0.15, 0.2) is 0 Å². The van der Waals surface area contributed by atoms with Gasteiger partial charge in [0.1, 0.15) is 6.04 Å². The Labute approximate surface area is 171 Å². The molecule has 0 fully saturated rings. The van der Waals surface area contributed by atoms with Gasteiger partial charge < -0.3 is 10.1 Å². The fraction of sp³-hybridized carbons (Fsp3) is 0.217. The SMILES string of the molecule is COC(=O)[C@@H](Cc1ccc2ccccc2c1)NC(=O)Cc1ccc(C(F)(F)F)cc1. The summed E-state index contributed by atoms with van der Waals surface area (Å²) in [5.74, 6) is -1.07. The molecule has 0 aliphatic carbocycles. The van der Waals surface area contributed by atoms with Crippen LogP contribution in [-0.2, 0) is 33.3 Å². The summed E-state index contributed by atoms with van der Waals surface area (Å²) in [6.07, 6.45) is -4.35. The summed E-state index contributed by atoms with van der Waals surface area (Å²) in [5.41, 5.74) is 0.476. The van der Waals surface area contributed by atoms with E-state index in [-0.39, 0.29) is 12.8 Å². The van der Waals surface area contributed by atoms with Crippen molar-refractivity contribution in [2.75, 3.05) is 7.11 Å². The summed E-state index contributed by atoms with van der Waals surface area (Å²) in [6, 6.07) is 17.0. The highest BCUT2D eigenvalue weighted by Crippen LogP contribution is 2.29. The summed E-state index contributed by atoms with van der Waals surface area (Å²) in [7, 11) is 1.23. The first kappa shape index (κ1) is 21.4. The van der Waals surface area contributed by atoms with Crippen molar-refractivity contribution >= 4 is 22.6 Å². The number of ether oxygens (including phenoxy) is 1. The van der Waals surface area contributed by atoms with Crippen molar-refractivity contribution in [1.29, 1.82) is 0 Å². The molecule has 7 heteroatoms. The second-order valence-corrected chi connectivity index (χ2v) is 6.90. The zero-order chi connectivity index (χ0) is 21.7. The van der Waals surface area contributed by atoms with E-state index in [1.807, 2.05) is 42.5 Å². The molecule has 0 spiro atoms. The zero-order valence-corrected chi connectivity index (χ0v) is 16.2. The molecule has 0 aliphatic rings. The summed E-state index contributed by atoms with van der Waals surface area (Å²) in [4.78, 5) is 24.5. The van der Waals surface area contributed by atoms with E-state index in [1.165, 1.54) is 19.2 Å². The molecule has 3 rings (SSSR count). The molecular formula is C23H20F3NO3. The Kier molecular flexibility index (Phi) is 6.40. The van der Waals surface area contributed by atoms with Crippen LogP contribution in [0.15, 0.2) is 66.7 Å². The van der Waals surface area contributed by atoms with Crippen LogP contribution in [0.2, 0.25) is 0 Å². The Morgan fingerprint density at radius 2 is 1.57 bits per heavy atom. The first-order valence-electron chi connectivity index (χ1n) is 9.27. The van der Waals surface area contributed by atoms with Gasteiger partial charge in [0.05, 0.1) is 19.1 Å². The molecule has 0 aromatic heterocycles. The molecule has 1 amide bonds. The van der Waals surface area contributed by atoms with Crippen LogP contribution in [0.4, 0.5) is 13.2 Å². The molecule has 156 valence electrons. The van der Waals surface area contributed by atoms with Crippen LogP contribution in [-0.4, -0.2) is 25.0 Å². The standard InChI is InChI=1S/C23H20F3NO3/c1-30-22(29)20(13-16-6-9-17-4-2-3-5-18(17)12-16)27-21(28)14-15-7-10-19(11-8-15)23(24,25)26/h2-12,20H,13-14H2,1H3,(H,27,28)/t20-/m1/s1. The third-order valence-electron chi connectivity index (χ3n) is 4.72. The molecule has 0 unspecified atom stereocenters. The van der Waals surface area contributed by atoms with Crippen LogP contribution in [0, 0.1) is 0 Å². The van der Waals surface area contributed by atoms with Gasteiger partial charge in [0.2, 0.25) is 5.91 Å². The summed E-state index contributed by atoms with van der Waals surface area (Å²) < 4.78 is 42.8. The van der Waals surface area contributed by atoms with Crippen molar-refractivity contribution in [2.24, 2.45) is 0 Å². The quantitative estimate of drug-likeness (QED) is 0.611. The van der Waals surface area contributed by atoms with E-state index >= 15 is 0 Å². The predicted molar refractivity (Wildman–Crippen MR) is 107 cm³/mol. The number of carbonyl (C=O) groups is 2. The Morgan fingerprint density at radius 3 is 2.20 bits per heavy atom. The number of benzene rings is 3. The third kappa shape index (κ3) is 5.37. The molecular weight excluding hydrogens is 395 g/mol. The van der Waals surface area contributed by atoms with Gasteiger partial charge >= 0.3 is 12.1 Å². The lowest BCUT2D eigenvalue weighted by molar-refractivity contribution is -0.145. The average Bonchev–Trinajstić information content (AvgIpc) is 2.72. The molecule has 0 radical (unpaired) electrons. The van der Waals surface area contributed by atoms with Crippen LogP contribution in [0.5, 0.6) is 0 Å². The average molecular weight is 415 g/mol. The van der Waals surface area contributed by atoms with Crippen LogP contribution < -0.4 is 5.32 Å². The van der Waals surface area contributed by atoms with Gasteiger partial charge in [0, 0.05) is 6.42 Å². The largest absolute Gasteiger partial charge is 0.467 e. The highest BCUT2D eigenvalue weighted by atomic mass is 19.4. The number of hydrogen-bond acceptors (Lipinski definition) is 3. The number of amides is 1. The molecule has 0 aliphatic heterocycles. The molecule has 4 nitrogen and oxygen atoms in total. The number of esters is 1. The van der Waals surface area contributed by atoms with Crippen molar-refractivity contribution in [3.05, 3.63) is 83.4 Å². The molecule has 0 saturated carbocycles. The number of rotatable bonds is 6. The number of hydrogen-bond donors (Lipinski definition) is 1. The third-order valence-corrected chi connectivity index (χ3v) is 4.72. The van der Waals surface area contributed by atoms with E-state index in [0.717, 1.165) is 28.5 Å². The van der Waals surface area contributed by atoms with E-state index in [0.29, 0.717) is 5.56 Å². The molecule has 0 saturated heterocycles. The maximum absolute atomic E-state index is 12.7. The Hall–Kier alpha value is -3.35. The second kappa shape index (κ2) is 8.98. The summed E-state index contributed by atoms with van der Waals surface area (Å²) in [6.45, 7) is 0. The van der Waals surface area contributed by atoms with Crippen LogP contribution >= 0.6 is 0 Å². The number of fused-ring (bicyclic) bond motifs is 1. The van der Waals surface area contributed by atoms with Crippen LogP contribution in [0.1, 0.15) is 16.7 Å². The van der Waals surface area contributed by atoms with Crippen LogP contribution in [0.3, 0.4) is 0 Å². The minimum absolute atomic E-state index is 0.149. The lowest BCUT2D eigenvalue weighted by Gasteiger charge is -2.17. The Morgan fingerprint density at radius 1 is 0.933 bits per heavy atom. The van der Waals surface area contributed by atoms with E-state index in [1.54, 1.807) is 0 Å². The summed E-state index contributed by atoms with van der Waals surface area (Å²) in [5, 5.41) is 4.69. The molecule has 1 N–H and O–H groups in total. The molecule has 1 atom stereocenters. The first-order chi connectivity index (χ1) is 14.3. The Balaban J connectivity index is 1.69. The molecule has 0 heterocycles. The van der Waals surface area contributed by atoms with Gasteiger partial charge in [-0.25, -0.2) is 4.79 Å². The molecule has 30 heavy (non-hydrogen) atoms. The number of methoxy groups -OCH3 is 1. The highest BCUT2D eigenvalue weighted by molar-refractivity contribution is 5.86. The zero-order valence-electron chi connectivity index (χ0n) is 16.2. The number of nitrogens with one attached hydrogen (secondary N) is 1. The van der Waals surface area contributed by atoms with Gasteiger partial charge in [-0.15, -0.1) is 0 Å². The van der Waals surface area contributed by atoms with Gasteiger partial charge in [-0.3, -0.25) is 4.79 Å². The van der Waals surface area contributed by atoms with E-state index in [2.05, 4.69) is 5.32 Å². The fourth-order valence-corrected chi connectivity index (χ4v) is 3.18. The maximum atomic E-state index is 12.7. The van der Waals surface area contributed by atoms with E-state index in [4.69, 9.17) is 4.74 Å². The van der Waals surface area contributed by atoms with Crippen LogP contribution in [0.25, 0.3) is 10.8 Å². The molecule has 3 aromatic rings. The highest BCUT2D eigenvalue weighted by Gasteiger charge is 2.30. The number of halogens is 3. The lowest BCUT2D eigenvalue weighted by atomic mass is 10.0. The van der Waals surface area contributed by atoms with Crippen molar-refractivity contribution in [1.82, 2.24) is 5.32 Å². The van der Waals surface area contributed by atoms with Gasteiger partial charge in [-0.05, 0) is 34.0 Å². The van der Waals surface area contributed by atoms with Crippen molar-refractivity contribution in [3.8, 4) is 0 Å². The first-order valence-corrected chi connectivity index (χ1v) is 9.27. The molecule has 3 aromatic carbocycles. The Bertz CT molecular complexity index is 1050. The maximum Gasteiger partial charge on any atom is 0.416 e. The lowest BCUT2D eigenvalue weighted by Crippen LogP contribution is -2.43. The van der Waals surface area contributed by atoms with Gasteiger partial charge in [-0.1, -0.05) is 54.6 Å². The van der Waals surface area contributed by atoms with E-state index in [9.17, 15) is 22.8 Å². The monoisotopic (exact) mass is 415 g/mol. The minimum atomic E-state index is -4.43. The summed E-state index contributed by atoms with van der Waals surface area (Å²) >= 11 is 0. The van der Waals surface area contributed by atoms with Crippen molar-refractivity contribution in [3.63, 3.8) is 0 Å². The van der Waals surface area contributed by atoms with Gasteiger partial charge in [-0.2, -0.15) is 13.2 Å². The van der Waals surface area contributed by atoms with Crippen molar-refractivity contribution < 1.29 is 27.5 Å². The van der Waals surface area contributed by atoms with E-state index < -0.39 is 29.7 Å². The fourth-order valence-electron chi connectivity index (χ4n) is 3.18. The smallest absolute Gasteiger partial charge is 0.416 e. The van der Waals surface area contributed by atoms with Gasteiger partial charge in [0.25, 0.3) is 0 Å². The predicted octanol–water partition coefficient (Wildman–Crippen LogP) is 4.30. The van der Waals surface area contributed by atoms with Crippen molar-refractivity contribution in [2.45, 2.75) is 25.1 Å². The number of alkyl halides is 3. The normalized spacial score (nSPS) is 12.4. The number of carbonyl (C=O) groups excluding carboxylic acids is 2. The minimum Gasteiger partial charge on any atom is -0.467 e. The topological polar surface area (TPSA) is 55.4 Å².